The summed E-state index contributed by atoms with van der Waals surface area (Å²) in [6.07, 6.45) is 6.85. The number of thioether (sulfide) groups is 1. The van der Waals surface area contributed by atoms with Crippen molar-refractivity contribution in [2.45, 2.75) is 30.9 Å². The highest BCUT2D eigenvalue weighted by molar-refractivity contribution is 7.98. The van der Waals surface area contributed by atoms with Gasteiger partial charge in [-0.05, 0) is 66.7 Å². The zero-order chi connectivity index (χ0) is 22.7. The van der Waals surface area contributed by atoms with Crippen molar-refractivity contribution in [3.05, 3.63) is 85.5 Å². The molecule has 0 radical (unpaired) electrons. The highest BCUT2D eigenvalue weighted by atomic mass is 32.2. The third kappa shape index (κ3) is 7.35. The molecule has 2 aromatic carbocycles. The summed E-state index contributed by atoms with van der Waals surface area (Å²) < 4.78 is 0. The fraction of sp³-hybridized carbons (Fsp3) is 0.280. The summed E-state index contributed by atoms with van der Waals surface area (Å²) in [5.41, 5.74) is 1.56. The average Bonchev–Trinajstić information content (AvgIpc) is 2.77. The molecular formula is C25H30N2O2S2. The van der Waals surface area contributed by atoms with Gasteiger partial charge in [-0.1, -0.05) is 54.6 Å². The minimum Gasteiger partial charge on any atom is -0.387 e. The Morgan fingerprint density at radius 3 is 2.23 bits per heavy atom. The van der Waals surface area contributed by atoms with E-state index in [2.05, 4.69) is 23.8 Å². The van der Waals surface area contributed by atoms with E-state index in [1.54, 1.807) is 36.0 Å². The molecule has 0 saturated heterocycles. The molecular weight excluding hydrogens is 424 g/mol. The zero-order valence-electron chi connectivity index (χ0n) is 17.8. The smallest absolute Gasteiger partial charge is 0.257 e. The minimum atomic E-state index is -1.08. The molecule has 0 heterocycles. The Morgan fingerprint density at radius 2 is 1.68 bits per heavy atom. The second-order valence-electron chi connectivity index (χ2n) is 7.29. The van der Waals surface area contributed by atoms with Gasteiger partial charge >= 0.3 is 0 Å². The maximum Gasteiger partial charge on any atom is 0.257 e. The van der Waals surface area contributed by atoms with Gasteiger partial charge in [0.1, 0.15) is 0 Å². The number of thiocarbonyl (C=S) groups is 1. The van der Waals surface area contributed by atoms with Gasteiger partial charge in [-0.3, -0.25) is 10.1 Å². The molecule has 0 aliphatic heterocycles. The number of rotatable bonds is 11. The Bertz CT molecular complexity index is 872. The van der Waals surface area contributed by atoms with Crippen LogP contribution in [0.25, 0.3) is 11.1 Å². The number of benzene rings is 2. The summed E-state index contributed by atoms with van der Waals surface area (Å²) in [4.78, 5) is 12.7. The molecule has 2 aromatic rings. The second kappa shape index (κ2) is 12.4. The summed E-state index contributed by atoms with van der Waals surface area (Å²) in [7, 11) is 0. The van der Waals surface area contributed by atoms with E-state index in [-0.39, 0.29) is 17.1 Å². The maximum atomic E-state index is 12.7. The lowest BCUT2D eigenvalue weighted by molar-refractivity contribution is 0.0120. The number of hydrogen-bond donors (Lipinski definition) is 3. The summed E-state index contributed by atoms with van der Waals surface area (Å²) >= 11 is 7.07. The molecule has 3 N–H and O–H groups in total. The third-order valence-corrected chi connectivity index (χ3v) is 5.91. The fourth-order valence-electron chi connectivity index (χ4n) is 3.39. The molecule has 4 nitrogen and oxygen atoms in total. The standard InChI is InChI=1S/C25H30N2O2S2/c1-4-16-25(29,17-5-2)22(15-18-31-3)26-24(30)27-23(28)21-13-11-20(12-14-21)19-9-7-6-8-10-19/h4-14,22,29H,1-2,15-18H2,3H3,(H2,26,27,28,30)/t22-/m0/s1. The summed E-state index contributed by atoms with van der Waals surface area (Å²) in [6.45, 7) is 7.51. The lowest BCUT2D eigenvalue weighted by Crippen LogP contribution is -2.55. The molecule has 0 saturated carbocycles. The molecule has 0 spiro atoms. The van der Waals surface area contributed by atoms with Gasteiger partial charge in [0.05, 0.1) is 11.6 Å². The molecule has 164 valence electrons. The summed E-state index contributed by atoms with van der Waals surface area (Å²) in [5.74, 6) is 0.544. The molecule has 6 heteroatoms. The van der Waals surface area contributed by atoms with Crippen molar-refractivity contribution >= 4 is 35.0 Å². The van der Waals surface area contributed by atoms with Crippen molar-refractivity contribution in [3.63, 3.8) is 0 Å². The highest BCUT2D eigenvalue weighted by Gasteiger charge is 2.34. The van der Waals surface area contributed by atoms with Crippen molar-refractivity contribution in [1.29, 1.82) is 0 Å². The Balaban J connectivity index is 2.06. The van der Waals surface area contributed by atoms with Gasteiger partial charge in [-0.2, -0.15) is 11.8 Å². The quantitative estimate of drug-likeness (QED) is 0.331. The van der Waals surface area contributed by atoms with Crippen LogP contribution in [0.15, 0.2) is 79.9 Å². The van der Waals surface area contributed by atoms with Gasteiger partial charge in [0.15, 0.2) is 5.11 Å². The first kappa shape index (κ1) is 24.9. The number of nitrogens with one attached hydrogen (secondary N) is 2. The van der Waals surface area contributed by atoms with Crippen LogP contribution < -0.4 is 10.6 Å². The Morgan fingerprint density at radius 1 is 1.10 bits per heavy atom. The number of aliphatic hydroxyl groups is 1. The first-order valence-electron chi connectivity index (χ1n) is 10.1. The van der Waals surface area contributed by atoms with Crippen molar-refractivity contribution in [3.8, 4) is 11.1 Å². The number of carbonyl (C=O) groups excluding carboxylic acids is 1. The predicted octanol–water partition coefficient (Wildman–Crippen LogP) is 4.96. The van der Waals surface area contributed by atoms with E-state index in [1.165, 1.54) is 0 Å². The maximum absolute atomic E-state index is 12.7. The van der Waals surface area contributed by atoms with Gasteiger partial charge in [-0.25, -0.2) is 0 Å². The highest BCUT2D eigenvalue weighted by Crippen LogP contribution is 2.25. The van der Waals surface area contributed by atoms with Gasteiger partial charge < -0.3 is 10.4 Å². The van der Waals surface area contributed by atoms with Crippen molar-refractivity contribution < 1.29 is 9.90 Å². The zero-order valence-corrected chi connectivity index (χ0v) is 19.5. The molecule has 0 aromatic heterocycles. The molecule has 1 atom stereocenters. The molecule has 1 amide bonds. The van der Waals surface area contributed by atoms with Crippen LogP contribution in [0.5, 0.6) is 0 Å². The molecule has 0 aliphatic rings. The molecule has 2 rings (SSSR count). The molecule has 0 fully saturated rings. The Kier molecular flexibility index (Phi) is 9.98. The van der Waals surface area contributed by atoms with Crippen LogP contribution in [0.3, 0.4) is 0 Å². The topological polar surface area (TPSA) is 61.4 Å². The van der Waals surface area contributed by atoms with E-state index in [0.717, 1.165) is 16.9 Å². The van der Waals surface area contributed by atoms with Crippen LogP contribution in [0.1, 0.15) is 29.6 Å². The lowest BCUT2D eigenvalue weighted by Gasteiger charge is -2.36. The largest absolute Gasteiger partial charge is 0.387 e. The van der Waals surface area contributed by atoms with Crippen LogP contribution in [0.4, 0.5) is 0 Å². The van der Waals surface area contributed by atoms with Gasteiger partial charge in [0.25, 0.3) is 5.91 Å². The third-order valence-electron chi connectivity index (χ3n) is 5.04. The SMILES string of the molecule is C=CCC(O)(CC=C)[C@H](CCSC)NC(=S)NC(=O)c1ccc(-c2ccccc2)cc1. The molecule has 0 aliphatic carbocycles. The van der Waals surface area contributed by atoms with Crippen molar-refractivity contribution in [2.24, 2.45) is 0 Å². The number of amides is 1. The first-order chi connectivity index (χ1) is 14.9. The van der Waals surface area contributed by atoms with E-state index >= 15 is 0 Å². The molecule has 0 unspecified atom stereocenters. The predicted molar refractivity (Wildman–Crippen MR) is 136 cm³/mol. The van der Waals surface area contributed by atoms with Crippen LogP contribution in [0, 0.1) is 0 Å². The van der Waals surface area contributed by atoms with Gasteiger partial charge in [0.2, 0.25) is 0 Å². The lowest BCUT2D eigenvalue weighted by atomic mass is 9.85. The summed E-state index contributed by atoms with van der Waals surface area (Å²) in [6, 6.07) is 17.0. The van der Waals surface area contributed by atoms with Crippen LogP contribution in [-0.2, 0) is 0 Å². The number of carbonyl (C=O) groups is 1. The second-order valence-corrected chi connectivity index (χ2v) is 8.69. The summed E-state index contributed by atoms with van der Waals surface area (Å²) in [5, 5.41) is 17.2. The van der Waals surface area contributed by atoms with Gasteiger partial charge in [-0.15, -0.1) is 13.2 Å². The van der Waals surface area contributed by atoms with Crippen LogP contribution in [-0.4, -0.2) is 39.8 Å². The molecule has 0 bridgehead atoms. The van der Waals surface area contributed by atoms with Crippen molar-refractivity contribution in [1.82, 2.24) is 10.6 Å². The van der Waals surface area contributed by atoms with E-state index in [0.29, 0.717) is 24.8 Å². The van der Waals surface area contributed by atoms with E-state index < -0.39 is 5.60 Å². The average molecular weight is 455 g/mol. The van der Waals surface area contributed by atoms with E-state index in [4.69, 9.17) is 12.2 Å². The van der Waals surface area contributed by atoms with Crippen molar-refractivity contribution in [2.75, 3.05) is 12.0 Å². The number of hydrogen-bond acceptors (Lipinski definition) is 4. The fourth-order valence-corrected chi connectivity index (χ4v) is 4.10. The van der Waals surface area contributed by atoms with Crippen LogP contribution in [0.2, 0.25) is 0 Å². The van der Waals surface area contributed by atoms with E-state index in [1.807, 2.05) is 48.7 Å². The van der Waals surface area contributed by atoms with Crippen LogP contribution >= 0.6 is 24.0 Å². The monoisotopic (exact) mass is 454 g/mol. The Labute approximate surface area is 194 Å². The van der Waals surface area contributed by atoms with Gasteiger partial charge in [0, 0.05) is 5.56 Å². The van der Waals surface area contributed by atoms with E-state index in [9.17, 15) is 9.90 Å². The first-order valence-corrected chi connectivity index (χ1v) is 11.9. The normalized spacial score (nSPS) is 11.9. The minimum absolute atomic E-state index is 0.190. The Hall–Kier alpha value is -2.41. The molecule has 31 heavy (non-hydrogen) atoms.